The number of aliphatic hydroxyl groups is 1. The summed E-state index contributed by atoms with van der Waals surface area (Å²) in [6.45, 7) is 0. The minimum Gasteiger partial charge on any atom is -0.388 e. The molecule has 0 aromatic heterocycles. The van der Waals surface area contributed by atoms with Crippen LogP contribution in [0, 0.1) is 0 Å². The molecule has 0 radical (unpaired) electrons. The molecule has 2 heteroatoms. The summed E-state index contributed by atoms with van der Waals surface area (Å²) >= 11 is 5.93. The van der Waals surface area contributed by atoms with Gasteiger partial charge < -0.3 is 5.11 Å². The summed E-state index contributed by atoms with van der Waals surface area (Å²) in [6, 6.07) is 14.1. The number of aliphatic hydroxyl groups excluding tert-OH is 1. The van der Waals surface area contributed by atoms with Crippen LogP contribution in [0.3, 0.4) is 0 Å². The highest BCUT2D eigenvalue weighted by Crippen LogP contribution is 2.36. The molecule has 0 amide bonds. The van der Waals surface area contributed by atoms with Crippen molar-refractivity contribution in [1.82, 2.24) is 0 Å². The Bertz CT molecular complexity index is 560. The first kappa shape index (κ1) is 11.8. The van der Waals surface area contributed by atoms with Gasteiger partial charge in [-0.3, -0.25) is 0 Å². The third-order valence-electron chi connectivity index (χ3n) is 3.63. The largest absolute Gasteiger partial charge is 0.388 e. The second-order valence-corrected chi connectivity index (χ2v) is 5.22. The molecule has 0 saturated carbocycles. The van der Waals surface area contributed by atoms with Crippen molar-refractivity contribution in [2.24, 2.45) is 0 Å². The van der Waals surface area contributed by atoms with Gasteiger partial charge in [-0.25, -0.2) is 0 Å². The van der Waals surface area contributed by atoms with Gasteiger partial charge in [-0.05, 0) is 53.6 Å². The third kappa shape index (κ3) is 2.05. The van der Waals surface area contributed by atoms with E-state index in [0.717, 1.165) is 29.8 Å². The minimum atomic E-state index is -0.305. The van der Waals surface area contributed by atoms with Gasteiger partial charge in [0.1, 0.15) is 0 Å². The zero-order valence-corrected chi connectivity index (χ0v) is 10.8. The molecule has 0 heterocycles. The lowest BCUT2D eigenvalue weighted by Gasteiger charge is -2.24. The highest BCUT2D eigenvalue weighted by molar-refractivity contribution is 6.30. The molecular formula is C16H15ClO. The molecule has 92 valence electrons. The van der Waals surface area contributed by atoms with Gasteiger partial charge in [0, 0.05) is 5.02 Å². The van der Waals surface area contributed by atoms with Gasteiger partial charge in [0.05, 0.1) is 6.10 Å². The van der Waals surface area contributed by atoms with E-state index in [1.165, 1.54) is 16.7 Å². The Morgan fingerprint density at radius 3 is 2.61 bits per heavy atom. The fourth-order valence-corrected chi connectivity index (χ4v) is 2.85. The summed E-state index contributed by atoms with van der Waals surface area (Å²) in [7, 11) is 0. The summed E-state index contributed by atoms with van der Waals surface area (Å²) in [5.41, 5.74) is 4.78. The van der Waals surface area contributed by atoms with Crippen molar-refractivity contribution in [3.8, 4) is 11.1 Å². The van der Waals surface area contributed by atoms with E-state index in [-0.39, 0.29) is 6.10 Å². The monoisotopic (exact) mass is 258 g/mol. The van der Waals surface area contributed by atoms with Crippen molar-refractivity contribution in [2.45, 2.75) is 25.4 Å². The smallest absolute Gasteiger partial charge is 0.0793 e. The summed E-state index contributed by atoms with van der Waals surface area (Å²) in [4.78, 5) is 0. The molecule has 1 nitrogen and oxygen atoms in total. The van der Waals surface area contributed by atoms with E-state index in [2.05, 4.69) is 6.07 Å². The van der Waals surface area contributed by atoms with Crippen LogP contribution in [-0.2, 0) is 6.42 Å². The summed E-state index contributed by atoms with van der Waals surface area (Å²) in [5, 5.41) is 10.8. The summed E-state index contributed by atoms with van der Waals surface area (Å²) in [6.07, 6.45) is 2.67. The van der Waals surface area contributed by atoms with E-state index in [1.54, 1.807) is 0 Å². The highest BCUT2D eigenvalue weighted by atomic mass is 35.5. The molecule has 0 bridgehead atoms. The number of hydrogen-bond donors (Lipinski definition) is 1. The molecule has 18 heavy (non-hydrogen) atoms. The molecule has 3 rings (SSSR count). The predicted molar refractivity (Wildman–Crippen MR) is 74.8 cm³/mol. The first-order chi connectivity index (χ1) is 8.75. The summed E-state index contributed by atoms with van der Waals surface area (Å²) < 4.78 is 0. The Labute approximate surface area is 112 Å². The molecular weight excluding hydrogens is 244 g/mol. The maximum absolute atomic E-state index is 10.1. The van der Waals surface area contributed by atoms with E-state index in [1.807, 2.05) is 36.4 Å². The molecule has 1 aliphatic carbocycles. The van der Waals surface area contributed by atoms with Crippen LogP contribution in [0.5, 0.6) is 0 Å². The minimum absolute atomic E-state index is 0.305. The average molecular weight is 259 g/mol. The first-order valence-corrected chi connectivity index (χ1v) is 6.69. The van der Waals surface area contributed by atoms with Crippen LogP contribution in [0.25, 0.3) is 11.1 Å². The average Bonchev–Trinajstić information content (AvgIpc) is 2.40. The number of fused-ring (bicyclic) bond motifs is 1. The number of rotatable bonds is 1. The Morgan fingerprint density at radius 1 is 1.06 bits per heavy atom. The highest BCUT2D eigenvalue weighted by Gasteiger charge is 2.20. The van der Waals surface area contributed by atoms with Crippen LogP contribution >= 0.6 is 11.6 Å². The molecule has 1 atom stereocenters. The van der Waals surface area contributed by atoms with Crippen LogP contribution < -0.4 is 0 Å². The molecule has 1 aliphatic rings. The van der Waals surface area contributed by atoms with Gasteiger partial charge in [0.2, 0.25) is 0 Å². The lowest BCUT2D eigenvalue weighted by atomic mass is 9.84. The van der Waals surface area contributed by atoms with Crippen LogP contribution in [0.15, 0.2) is 42.5 Å². The molecule has 0 spiro atoms. The molecule has 1 unspecified atom stereocenters. The summed E-state index contributed by atoms with van der Waals surface area (Å²) in [5.74, 6) is 0. The topological polar surface area (TPSA) is 20.2 Å². The van der Waals surface area contributed by atoms with Crippen LogP contribution in [-0.4, -0.2) is 5.11 Å². The lowest BCUT2D eigenvalue weighted by Crippen LogP contribution is -2.10. The molecule has 0 aliphatic heterocycles. The standard InChI is InChI=1S/C16H15ClO/c17-12-9-7-11(8-10-12)13-3-1-5-15-14(13)4-2-6-16(15)18/h1,3,5,7-10,16,18H,2,4,6H2. The SMILES string of the molecule is OC1CCCc2c(-c3ccc(Cl)cc3)cccc21. The molecule has 2 aromatic carbocycles. The number of halogens is 1. The Kier molecular flexibility index (Phi) is 3.11. The number of hydrogen-bond acceptors (Lipinski definition) is 1. The molecule has 0 fully saturated rings. The number of benzene rings is 2. The van der Waals surface area contributed by atoms with E-state index in [9.17, 15) is 5.11 Å². The molecule has 0 saturated heterocycles. The van der Waals surface area contributed by atoms with Gasteiger partial charge in [-0.1, -0.05) is 41.9 Å². The zero-order chi connectivity index (χ0) is 12.5. The van der Waals surface area contributed by atoms with Gasteiger partial charge >= 0.3 is 0 Å². The third-order valence-corrected chi connectivity index (χ3v) is 3.88. The Balaban J connectivity index is 2.12. The second-order valence-electron chi connectivity index (χ2n) is 4.79. The first-order valence-electron chi connectivity index (χ1n) is 6.31. The Hall–Kier alpha value is -1.31. The van der Waals surface area contributed by atoms with Crippen molar-refractivity contribution in [1.29, 1.82) is 0 Å². The zero-order valence-electron chi connectivity index (χ0n) is 10.1. The maximum Gasteiger partial charge on any atom is 0.0793 e. The predicted octanol–water partition coefficient (Wildman–Crippen LogP) is 4.38. The fourth-order valence-electron chi connectivity index (χ4n) is 2.72. The maximum atomic E-state index is 10.1. The normalized spacial score (nSPS) is 18.4. The van der Waals surface area contributed by atoms with Gasteiger partial charge in [0.15, 0.2) is 0 Å². The van der Waals surface area contributed by atoms with Crippen molar-refractivity contribution in [3.63, 3.8) is 0 Å². The molecule has 2 aromatic rings. The van der Waals surface area contributed by atoms with Crippen molar-refractivity contribution in [3.05, 3.63) is 58.6 Å². The van der Waals surface area contributed by atoms with E-state index < -0.39 is 0 Å². The Morgan fingerprint density at radius 2 is 1.83 bits per heavy atom. The quantitative estimate of drug-likeness (QED) is 0.805. The van der Waals surface area contributed by atoms with Crippen molar-refractivity contribution in [2.75, 3.05) is 0 Å². The van der Waals surface area contributed by atoms with E-state index in [0.29, 0.717) is 0 Å². The van der Waals surface area contributed by atoms with Crippen molar-refractivity contribution >= 4 is 11.6 Å². The van der Waals surface area contributed by atoms with Crippen LogP contribution in [0.4, 0.5) is 0 Å². The van der Waals surface area contributed by atoms with Crippen LogP contribution in [0.1, 0.15) is 30.1 Å². The van der Waals surface area contributed by atoms with Gasteiger partial charge in [0.25, 0.3) is 0 Å². The fraction of sp³-hybridized carbons (Fsp3) is 0.250. The molecule has 1 N–H and O–H groups in total. The second kappa shape index (κ2) is 4.75. The van der Waals surface area contributed by atoms with Crippen LogP contribution in [0.2, 0.25) is 5.02 Å². The van der Waals surface area contributed by atoms with Gasteiger partial charge in [-0.2, -0.15) is 0 Å². The van der Waals surface area contributed by atoms with E-state index in [4.69, 9.17) is 11.6 Å². The van der Waals surface area contributed by atoms with Gasteiger partial charge in [-0.15, -0.1) is 0 Å². The lowest BCUT2D eigenvalue weighted by molar-refractivity contribution is 0.156. The van der Waals surface area contributed by atoms with Crippen molar-refractivity contribution < 1.29 is 5.11 Å². The van der Waals surface area contributed by atoms with E-state index >= 15 is 0 Å².